The third kappa shape index (κ3) is 6.77. The molecule has 1 N–H and O–H groups in total. The summed E-state index contributed by atoms with van der Waals surface area (Å²) in [7, 11) is 0. The molecule has 6 nitrogen and oxygen atoms in total. The van der Waals surface area contributed by atoms with E-state index >= 15 is 0 Å². The van der Waals surface area contributed by atoms with Crippen molar-refractivity contribution in [2.45, 2.75) is 6.10 Å². The molecule has 0 spiro atoms. The number of ether oxygens (including phenoxy) is 2. The van der Waals surface area contributed by atoms with Crippen molar-refractivity contribution in [2.24, 2.45) is 0 Å². The van der Waals surface area contributed by atoms with Gasteiger partial charge in [-0.1, -0.05) is 22.0 Å². The van der Waals surface area contributed by atoms with E-state index < -0.39 is 6.10 Å². The molecule has 0 radical (unpaired) electrons. The highest BCUT2D eigenvalue weighted by Gasteiger charge is 2.19. The number of β-amino-alcohol motifs (C(OH)–C–C–N with tert-alkyl or cyclic N) is 1. The van der Waals surface area contributed by atoms with Gasteiger partial charge < -0.3 is 19.5 Å². The minimum Gasteiger partial charge on any atom is -0.491 e. The zero-order valence-corrected chi connectivity index (χ0v) is 16.9. The second-order valence-electron chi connectivity index (χ2n) is 6.51. The van der Waals surface area contributed by atoms with Crippen LogP contribution in [0.3, 0.4) is 0 Å². The maximum absolute atomic E-state index is 10.2. The van der Waals surface area contributed by atoms with Crippen molar-refractivity contribution < 1.29 is 14.6 Å². The first kappa shape index (κ1) is 20.1. The molecule has 1 aliphatic rings. The summed E-state index contributed by atoms with van der Waals surface area (Å²) in [4.78, 5) is 8.94. The van der Waals surface area contributed by atoms with E-state index in [1.165, 1.54) is 0 Å². The lowest BCUT2D eigenvalue weighted by Crippen LogP contribution is -2.49. The molecule has 27 heavy (non-hydrogen) atoms. The lowest BCUT2D eigenvalue weighted by Gasteiger charge is -2.36. The molecule has 1 aliphatic heterocycles. The highest BCUT2D eigenvalue weighted by Crippen LogP contribution is 2.16. The van der Waals surface area contributed by atoms with Crippen LogP contribution in [0, 0.1) is 0 Å². The second-order valence-corrected chi connectivity index (χ2v) is 7.42. The number of pyridine rings is 1. The summed E-state index contributed by atoms with van der Waals surface area (Å²) in [6.45, 7) is 5.56. The monoisotopic (exact) mass is 435 g/mol. The Morgan fingerprint density at radius 3 is 2.52 bits per heavy atom. The van der Waals surface area contributed by atoms with Crippen LogP contribution in [-0.4, -0.2) is 73.6 Å². The quantitative estimate of drug-likeness (QED) is 0.610. The standard InChI is InChI=1S/C20H26BrN3O3/c21-17-4-6-19(7-5-17)27-14-13-26-16-18(25)15-23-9-11-24(12-10-23)20-3-1-2-8-22-20/h1-8,18,25H,9-16H2/t18-/m1/s1. The molecular weight excluding hydrogens is 410 g/mol. The number of nitrogens with zero attached hydrogens (tertiary/aromatic N) is 3. The van der Waals surface area contributed by atoms with Gasteiger partial charge in [-0.15, -0.1) is 0 Å². The van der Waals surface area contributed by atoms with Gasteiger partial charge in [-0.25, -0.2) is 4.98 Å². The summed E-state index contributed by atoms with van der Waals surface area (Å²) >= 11 is 3.39. The van der Waals surface area contributed by atoms with Crippen molar-refractivity contribution in [1.82, 2.24) is 9.88 Å². The minimum atomic E-state index is -0.487. The van der Waals surface area contributed by atoms with Gasteiger partial charge in [-0.2, -0.15) is 0 Å². The number of hydrogen-bond donors (Lipinski definition) is 1. The number of anilines is 1. The number of benzene rings is 1. The first-order valence-electron chi connectivity index (χ1n) is 9.23. The van der Waals surface area contributed by atoms with Crippen LogP contribution < -0.4 is 9.64 Å². The smallest absolute Gasteiger partial charge is 0.128 e. The number of rotatable bonds is 9. The Balaban J connectivity index is 1.26. The molecule has 1 aromatic heterocycles. The molecule has 0 bridgehead atoms. The molecule has 1 aromatic carbocycles. The van der Waals surface area contributed by atoms with Gasteiger partial charge in [0, 0.05) is 43.4 Å². The molecule has 1 fully saturated rings. The Hall–Kier alpha value is -1.67. The summed E-state index contributed by atoms with van der Waals surface area (Å²) in [5.41, 5.74) is 0. The average Bonchev–Trinajstić information content (AvgIpc) is 2.70. The van der Waals surface area contributed by atoms with Crippen LogP contribution in [0.5, 0.6) is 5.75 Å². The molecule has 3 rings (SSSR count). The summed E-state index contributed by atoms with van der Waals surface area (Å²) < 4.78 is 12.2. The lowest BCUT2D eigenvalue weighted by atomic mass is 10.2. The number of aromatic nitrogens is 1. The van der Waals surface area contributed by atoms with Gasteiger partial charge in [0.05, 0.1) is 19.3 Å². The summed E-state index contributed by atoms with van der Waals surface area (Å²) in [6, 6.07) is 13.7. The minimum absolute atomic E-state index is 0.324. The Kier molecular flexibility index (Phi) is 7.89. The van der Waals surface area contributed by atoms with Gasteiger partial charge in [0.25, 0.3) is 0 Å². The summed E-state index contributed by atoms with van der Waals surface area (Å²) in [5.74, 6) is 1.83. The third-order valence-corrected chi connectivity index (χ3v) is 4.96. The zero-order chi connectivity index (χ0) is 18.9. The fraction of sp³-hybridized carbons (Fsp3) is 0.450. The van der Waals surface area contributed by atoms with Crippen molar-refractivity contribution in [3.63, 3.8) is 0 Å². The summed E-state index contributed by atoms with van der Waals surface area (Å²) in [5, 5.41) is 10.2. The van der Waals surface area contributed by atoms with Crippen molar-refractivity contribution in [2.75, 3.05) is 57.4 Å². The van der Waals surface area contributed by atoms with E-state index in [1.54, 1.807) is 0 Å². The molecule has 146 valence electrons. The number of aliphatic hydroxyl groups is 1. The fourth-order valence-electron chi connectivity index (χ4n) is 3.02. The van der Waals surface area contributed by atoms with Crippen LogP contribution >= 0.6 is 15.9 Å². The van der Waals surface area contributed by atoms with E-state index in [9.17, 15) is 5.11 Å². The van der Waals surface area contributed by atoms with E-state index in [0.29, 0.717) is 26.4 Å². The molecule has 0 aliphatic carbocycles. The Morgan fingerprint density at radius 2 is 1.81 bits per heavy atom. The predicted octanol–water partition coefficient (Wildman–Crippen LogP) is 2.42. The highest BCUT2D eigenvalue weighted by atomic mass is 79.9. The lowest BCUT2D eigenvalue weighted by molar-refractivity contribution is 0.00716. The molecule has 0 saturated carbocycles. The van der Waals surface area contributed by atoms with Crippen LogP contribution in [0.1, 0.15) is 0 Å². The van der Waals surface area contributed by atoms with Gasteiger partial charge in [-0.05, 0) is 36.4 Å². The van der Waals surface area contributed by atoms with Crippen LogP contribution in [0.2, 0.25) is 0 Å². The van der Waals surface area contributed by atoms with E-state index in [2.05, 4.69) is 30.7 Å². The van der Waals surface area contributed by atoms with Crippen molar-refractivity contribution in [3.8, 4) is 5.75 Å². The largest absolute Gasteiger partial charge is 0.491 e. The van der Waals surface area contributed by atoms with Gasteiger partial charge in [0.15, 0.2) is 0 Å². The van der Waals surface area contributed by atoms with E-state index in [-0.39, 0.29) is 0 Å². The number of halogens is 1. The Morgan fingerprint density at radius 1 is 1.04 bits per heavy atom. The normalized spacial score (nSPS) is 16.3. The van der Waals surface area contributed by atoms with Crippen LogP contribution in [0.4, 0.5) is 5.82 Å². The topological polar surface area (TPSA) is 58.1 Å². The first-order chi connectivity index (χ1) is 13.2. The molecule has 7 heteroatoms. The van der Waals surface area contributed by atoms with E-state index in [4.69, 9.17) is 9.47 Å². The van der Waals surface area contributed by atoms with Gasteiger partial charge in [0.1, 0.15) is 18.2 Å². The highest BCUT2D eigenvalue weighted by molar-refractivity contribution is 9.10. The molecule has 0 unspecified atom stereocenters. The average molecular weight is 436 g/mol. The maximum Gasteiger partial charge on any atom is 0.128 e. The number of piperazine rings is 1. The van der Waals surface area contributed by atoms with Gasteiger partial charge in [-0.3, -0.25) is 4.90 Å². The summed E-state index contributed by atoms with van der Waals surface area (Å²) in [6.07, 6.45) is 1.34. The molecular formula is C20H26BrN3O3. The van der Waals surface area contributed by atoms with Crippen molar-refractivity contribution in [3.05, 3.63) is 53.1 Å². The van der Waals surface area contributed by atoms with Crippen molar-refractivity contribution in [1.29, 1.82) is 0 Å². The molecule has 2 aromatic rings. The second kappa shape index (κ2) is 10.6. The van der Waals surface area contributed by atoms with Gasteiger partial charge in [0.2, 0.25) is 0 Å². The SMILES string of the molecule is O[C@@H](COCCOc1ccc(Br)cc1)CN1CCN(c2ccccn2)CC1. The number of hydrogen-bond acceptors (Lipinski definition) is 6. The number of aliphatic hydroxyl groups excluding tert-OH is 1. The maximum atomic E-state index is 10.2. The zero-order valence-electron chi connectivity index (χ0n) is 15.3. The molecule has 0 amide bonds. The van der Waals surface area contributed by atoms with E-state index in [1.807, 2.05) is 48.7 Å². The van der Waals surface area contributed by atoms with Gasteiger partial charge >= 0.3 is 0 Å². The van der Waals surface area contributed by atoms with Crippen LogP contribution in [0.15, 0.2) is 53.1 Å². The Labute approximate surface area is 168 Å². The molecule has 1 atom stereocenters. The van der Waals surface area contributed by atoms with E-state index in [0.717, 1.165) is 42.2 Å². The Bertz CT molecular complexity index is 664. The molecule has 2 heterocycles. The molecule has 1 saturated heterocycles. The fourth-order valence-corrected chi connectivity index (χ4v) is 3.28. The van der Waals surface area contributed by atoms with Crippen LogP contribution in [0.25, 0.3) is 0 Å². The predicted molar refractivity (Wildman–Crippen MR) is 109 cm³/mol. The van der Waals surface area contributed by atoms with Crippen LogP contribution in [-0.2, 0) is 4.74 Å². The third-order valence-electron chi connectivity index (χ3n) is 4.43. The van der Waals surface area contributed by atoms with Crippen molar-refractivity contribution >= 4 is 21.7 Å². The first-order valence-corrected chi connectivity index (χ1v) is 10.0.